The van der Waals surface area contributed by atoms with E-state index in [0.29, 0.717) is 0 Å². The molecule has 0 spiro atoms. The van der Waals surface area contributed by atoms with E-state index in [2.05, 4.69) is 98.1 Å². The van der Waals surface area contributed by atoms with Gasteiger partial charge in [0.05, 0.1) is 0 Å². The molecule has 3 aromatic carbocycles. The Morgan fingerprint density at radius 2 is 1.50 bits per heavy atom. The third-order valence-corrected chi connectivity index (χ3v) is 4.71. The second-order valence-electron chi connectivity index (χ2n) is 6.78. The van der Waals surface area contributed by atoms with Crippen molar-refractivity contribution in [1.29, 1.82) is 0 Å². The standard InChI is InChI=1S/C25H27N/c1-4-5-6-11-20(19(2)3)16-17-26-25-23-14-9-7-12-21(23)18-22-13-8-10-15-24(22)25/h4-15,18,26H,16-17H2,1-3H3/b5-4-,11-6-. The molecule has 0 heterocycles. The smallest absolute Gasteiger partial charge is 0.0499 e. The van der Waals surface area contributed by atoms with Gasteiger partial charge in [0.2, 0.25) is 0 Å². The van der Waals surface area contributed by atoms with E-state index in [1.165, 1.54) is 38.4 Å². The van der Waals surface area contributed by atoms with Crippen molar-refractivity contribution in [2.75, 3.05) is 11.9 Å². The first kappa shape index (κ1) is 18.0. The first-order valence-corrected chi connectivity index (χ1v) is 9.31. The van der Waals surface area contributed by atoms with Crippen LogP contribution in [0.5, 0.6) is 0 Å². The molecule has 1 N–H and O–H groups in total. The van der Waals surface area contributed by atoms with Crippen LogP contribution in [0.15, 0.2) is 90.0 Å². The van der Waals surface area contributed by atoms with Gasteiger partial charge in [-0.3, -0.25) is 0 Å². The summed E-state index contributed by atoms with van der Waals surface area (Å²) in [5.74, 6) is 0. The van der Waals surface area contributed by atoms with E-state index in [9.17, 15) is 0 Å². The fourth-order valence-corrected chi connectivity index (χ4v) is 3.31. The number of nitrogens with one attached hydrogen (secondary N) is 1. The number of fused-ring (bicyclic) bond motifs is 2. The maximum absolute atomic E-state index is 3.72. The van der Waals surface area contributed by atoms with E-state index < -0.39 is 0 Å². The molecule has 132 valence electrons. The summed E-state index contributed by atoms with van der Waals surface area (Å²) in [5, 5.41) is 8.86. The molecule has 26 heavy (non-hydrogen) atoms. The van der Waals surface area contributed by atoms with Gasteiger partial charge in [-0.05, 0) is 49.6 Å². The molecule has 0 atom stereocenters. The van der Waals surface area contributed by atoms with Gasteiger partial charge in [-0.25, -0.2) is 0 Å². The van der Waals surface area contributed by atoms with Crippen LogP contribution in [0.2, 0.25) is 0 Å². The van der Waals surface area contributed by atoms with Crippen molar-refractivity contribution in [1.82, 2.24) is 0 Å². The van der Waals surface area contributed by atoms with Crippen LogP contribution in [0.1, 0.15) is 27.2 Å². The van der Waals surface area contributed by atoms with Gasteiger partial charge in [-0.15, -0.1) is 0 Å². The Bertz CT molecular complexity index is 931. The van der Waals surface area contributed by atoms with Gasteiger partial charge in [0.1, 0.15) is 0 Å². The van der Waals surface area contributed by atoms with Crippen molar-refractivity contribution in [3.63, 3.8) is 0 Å². The lowest BCUT2D eigenvalue weighted by Crippen LogP contribution is -2.04. The molecule has 1 nitrogen and oxygen atoms in total. The van der Waals surface area contributed by atoms with Crippen LogP contribution in [0.4, 0.5) is 5.69 Å². The minimum absolute atomic E-state index is 0.915. The summed E-state index contributed by atoms with van der Waals surface area (Å²) in [6.07, 6.45) is 9.48. The lowest BCUT2D eigenvalue weighted by molar-refractivity contribution is 1.01. The molecule has 0 aliphatic rings. The number of rotatable bonds is 6. The van der Waals surface area contributed by atoms with Gasteiger partial charge >= 0.3 is 0 Å². The number of hydrogen-bond acceptors (Lipinski definition) is 1. The molecule has 0 amide bonds. The third-order valence-electron chi connectivity index (χ3n) is 4.71. The molecule has 0 aromatic heterocycles. The molecule has 0 unspecified atom stereocenters. The Morgan fingerprint density at radius 1 is 0.885 bits per heavy atom. The van der Waals surface area contributed by atoms with Crippen LogP contribution in [-0.4, -0.2) is 6.54 Å². The van der Waals surface area contributed by atoms with Crippen molar-refractivity contribution < 1.29 is 0 Å². The largest absolute Gasteiger partial charge is 0.384 e. The predicted octanol–water partition coefficient (Wildman–Crippen LogP) is 7.26. The van der Waals surface area contributed by atoms with Crippen LogP contribution < -0.4 is 5.32 Å². The van der Waals surface area contributed by atoms with Crippen LogP contribution in [0.25, 0.3) is 21.5 Å². The Kier molecular flexibility index (Phi) is 5.91. The number of benzene rings is 3. The van der Waals surface area contributed by atoms with Crippen molar-refractivity contribution >= 4 is 27.2 Å². The topological polar surface area (TPSA) is 12.0 Å². The first-order valence-electron chi connectivity index (χ1n) is 9.31. The molecule has 0 aliphatic carbocycles. The zero-order chi connectivity index (χ0) is 18.4. The summed E-state index contributed by atoms with van der Waals surface area (Å²) in [4.78, 5) is 0. The monoisotopic (exact) mass is 341 g/mol. The molecule has 0 radical (unpaired) electrons. The number of hydrogen-bond donors (Lipinski definition) is 1. The van der Waals surface area contributed by atoms with E-state index in [1.807, 2.05) is 6.92 Å². The minimum atomic E-state index is 0.915. The Morgan fingerprint density at radius 3 is 2.08 bits per heavy atom. The summed E-state index contributed by atoms with van der Waals surface area (Å²) >= 11 is 0. The molecule has 0 fully saturated rings. The normalized spacial score (nSPS) is 11.7. The van der Waals surface area contributed by atoms with Crippen LogP contribution in [0.3, 0.4) is 0 Å². The van der Waals surface area contributed by atoms with E-state index in [-0.39, 0.29) is 0 Å². The highest BCUT2D eigenvalue weighted by Crippen LogP contribution is 2.32. The summed E-state index contributed by atoms with van der Waals surface area (Å²) in [7, 11) is 0. The van der Waals surface area contributed by atoms with E-state index in [1.54, 1.807) is 0 Å². The molecule has 0 bridgehead atoms. The fraction of sp³-hybridized carbons (Fsp3) is 0.200. The van der Waals surface area contributed by atoms with Crippen molar-refractivity contribution in [3.8, 4) is 0 Å². The van der Waals surface area contributed by atoms with Gasteiger partial charge in [-0.1, -0.05) is 78.4 Å². The molecule has 1 heteroatoms. The summed E-state index contributed by atoms with van der Waals surface area (Å²) in [6.45, 7) is 7.32. The molecule has 0 aliphatic heterocycles. The third kappa shape index (κ3) is 4.05. The van der Waals surface area contributed by atoms with Gasteiger partial charge in [-0.2, -0.15) is 0 Å². The maximum atomic E-state index is 3.72. The fourth-order valence-electron chi connectivity index (χ4n) is 3.31. The quantitative estimate of drug-likeness (QED) is 0.367. The van der Waals surface area contributed by atoms with Gasteiger partial charge < -0.3 is 5.32 Å². The minimum Gasteiger partial charge on any atom is -0.384 e. The summed E-state index contributed by atoms with van der Waals surface area (Å²) in [6, 6.07) is 19.5. The van der Waals surface area contributed by atoms with Gasteiger partial charge in [0, 0.05) is 23.0 Å². The highest BCUT2D eigenvalue weighted by molar-refractivity contribution is 6.10. The van der Waals surface area contributed by atoms with Crippen molar-refractivity contribution in [2.24, 2.45) is 0 Å². The Balaban J connectivity index is 1.89. The van der Waals surface area contributed by atoms with Gasteiger partial charge in [0.25, 0.3) is 0 Å². The van der Waals surface area contributed by atoms with Crippen LogP contribution >= 0.6 is 0 Å². The molecular weight excluding hydrogens is 314 g/mol. The number of anilines is 1. The van der Waals surface area contributed by atoms with E-state index in [4.69, 9.17) is 0 Å². The zero-order valence-electron chi connectivity index (χ0n) is 15.9. The molecule has 3 rings (SSSR count). The SMILES string of the molecule is C/C=C\C=C/C(CCNc1c2ccccc2cc2ccccc12)=C(C)C. The average molecular weight is 341 g/mol. The molecule has 0 saturated carbocycles. The lowest BCUT2D eigenvalue weighted by Gasteiger charge is -2.14. The lowest BCUT2D eigenvalue weighted by atomic mass is 10.0. The molecule has 0 saturated heterocycles. The molecule has 3 aromatic rings. The maximum Gasteiger partial charge on any atom is 0.0499 e. The Labute approximate surface area is 156 Å². The summed E-state index contributed by atoms with van der Waals surface area (Å²) in [5.41, 5.74) is 4.00. The summed E-state index contributed by atoms with van der Waals surface area (Å²) < 4.78 is 0. The van der Waals surface area contributed by atoms with E-state index >= 15 is 0 Å². The number of allylic oxidation sites excluding steroid dienone is 5. The van der Waals surface area contributed by atoms with Crippen LogP contribution in [0, 0.1) is 0 Å². The zero-order valence-corrected chi connectivity index (χ0v) is 15.9. The first-order chi connectivity index (χ1) is 12.7. The van der Waals surface area contributed by atoms with Crippen LogP contribution in [-0.2, 0) is 0 Å². The second kappa shape index (κ2) is 8.53. The van der Waals surface area contributed by atoms with Gasteiger partial charge in [0.15, 0.2) is 0 Å². The second-order valence-corrected chi connectivity index (χ2v) is 6.78. The van der Waals surface area contributed by atoms with Crippen molar-refractivity contribution in [3.05, 3.63) is 90.0 Å². The van der Waals surface area contributed by atoms with E-state index in [0.717, 1.165) is 13.0 Å². The highest BCUT2D eigenvalue weighted by Gasteiger charge is 2.07. The average Bonchev–Trinajstić information content (AvgIpc) is 2.66. The Hall–Kier alpha value is -2.80. The van der Waals surface area contributed by atoms with Crippen molar-refractivity contribution in [2.45, 2.75) is 27.2 Å². The highest BCUT2D eigenvalue weighted by atomic mass is 14.9. The predicted molar refractivity (Wildman–Crippen MR) is 117 cm³/mol. The molecular formula is C25H27N.